The highest BCUT2D eigenvalue weighted by Gasteiger charge is 2.29. The van der Waals surface area contributed by atoms with E-state index in [1.165, 1.54) is 18.3 Å². The number of aromatic nitrogens is 1. The summed E-state index contributed by atoms with van der Waals surface area (Å²) in [5, 5.41) is 0.544. The third kappa shape index (κ3) is 3.37. The molecule has 1 atom stereocenters. The van der Waals surface area contributed by atoms with E-state index in [2.05, 4.69) is 16.8 Å². The average Bonchev–Trinajstić information content (AvgIpc) is 2.67. The Morgan fingerprint density at radius 2 is 1.89 bits per heavy atom. The molecule has 0 spiro atoms. The second-order valence-corrected chi connectivity index (χ2v) is 9.56. The molecule has 1 aromatic heterocycles. The molecule has 6 heteroatoms. The van der Waals surface area contributed by atoms with Crippen LogP contribution < -0.4 is 4.90 Å². The van der Waals surface area contributed by atoms with Gasteiger partial charge in [0.05, 0.1) is 16.1 Å². The molecule has 1 fully saturated rings. The van der Waals surface area contributed by atoms with E-state index in [-0.39, 0.29) is 9.79 Å². The lowest BCUT2D eigenvalue weighted by Crippen LogP contribution is -2.35. The number of pyridine rings is 1. The zero-order valence-corrected chi connectivity index (χ0v) is 16.8. The molecular formula is C22H23FN2O2S. The normalized spacial score (nSPS) is 17.8. The molecule has 0 N–H and O–H groups in total. The van der Waals surface area contributed by atoms with Crippen LogP contribution >= 0.6 is 0 Å². The Morgan fingerprint density at radius 1 is 1.14 bits per heavy atom. The number of hydrogen-bond acceptors (Lipinski definition) is 4. The predicted octanol–water partition coefficient (Wildman–Crippen LogP) is 4.75. The Hall–Kier alpha value is -2.47. The molecule has 1 saturated heterocycles. The van der Waals surface area contributed by atoms with Crippen molar-refractivity contribution in [2.45, 2.75) is 36.5 Å². The number of anilines is 1. The van der Waals surface area contributed by atoms with Crippen molar-refractivity contribution < 1.29 is 12.8 Å². The summed E-state index contributed by atoms with van der Waals surface area (Å²) >= 11 is 0. The number of hydrogen-bond donors (Lipinski definition) is 0. The van der Waals surface area contributed by atoms with Gasteiger partial charge in [-0.15, -0.1) is 0 Å². The van der Waals surface area contributed by atoms with E-state index in [1.54, 1.807) is 30.3 Å². The molecule has 0 radical (unpaired) electrons. The van der Waals surface area contributed by atoms with Gasteiger partial charge in [0.1, 0.15) is 10.7 Å². The first kappa shape index (κ1) is 18.9. The van der Waals surface area contributed by atoms with E-state index in [4.69, 9.17) is 0 Å². The zero-order valence-electron chi connectivity index (χ0n) is 16.0. The van der Waals surface area contributed by atoms with Crippen molar-refractivity contribution in [2.75, 3.05) is 18.0 Å². The second-order valence-electron chi connectivity index (χ2n) is 7.64. The van der Waals surface area contributed by atoms with Crippen molar-refractivity contribution in [1.29, 1.82) is 0 Å². The molecule has 1 aliphatic heterocycles. The zero-order chi connectivity index (χ0) is 19.9. The smallest absolute Gasteiger partial charge is 0.210 e. The number of nitrogens with zero attached hydrogens (tertiary/aromatic N) is 2. The first-order chi connectivity index (χ1) is 13.4. The summed E-state index contributed by atoms with van der Waals surface area (Å²) in [6, 6.07) is 11.1. The largest absolute Gasteiger partial charge is 0.370 e. The van der Waals surface area contributed by atoms with Crippen molar-refractivity contribution in [2.24, 2.45) is 5.92 Å². The summed E-state index contributed by atoms with van der Waals surface area (Å²) in [5.74, 6) is 0.0472. The van der Waals surface area contributed by atoms with Crippen LogP contribution in [0, 0.1) is 18.7 Å². The molecule has 3 aromatic rings. The second kappa shape index (κ2) is 7.17. The Bertz CT molecular complexity index is 1130. The van der Waals surface area contributed by atoms with Crippen LogP contribution in [0.5, 0.6) is 0 Å². The molecule has 0 bridgehead atoms. The third-order valence-electron chi connectivity index (χ3n) is 5.36. The Labute approximate surface area is 164 Å². The lowest BCUT2D eigenvalue weighted by atomic mass is 9.99. The van der Waals surface area contributed by atoms with Crippen molar-refractivity contribution in [1.82, 2.24) is 4.98 Å². The predicted molar refractivity (Wildman–Crippen MR) is 109 cm³/mol. The minimum Gasteiger partial charge on any atom is -0.370 e. The minimum atomic E-state index is -3.78. The average molecular weight is 399 g/mol. The summed E-state index contributed by atoms with van der Waals surface area (Å²) < 4.78 is 41.0. The summed E-state index contributed by atoms with van der Waals surface area (Å²) in [7, 11) is -3.78. The maximum absolute atomic E-state index is 14.1. The number of benzene rings is 2. The van der Waals surface area contributed by atoms with Gasteiger partial charge in [-0.05, 0) is 56.0 Å². The van der Waals surface area contributed by atoms with Gasteiger partial charge < -0.3 is 4.90 Å². The van der Waals surface area contributed by atoms with Crippen LogP contribution in [0.15, 0.2) is 58.5 Å². The number of aryl methyl sites for hydroxylation is 1. The molecule has 0 saturated carbocycles. The summed E-state index contributed by atoms with van der Waals surface area (Å²) in [6.07, 6.45) is 3.50. The summed E-state index contributed by atoms with van der Waals surface area (Å²) in [6.45, 7) is 5.56. The summed E-state index contributed by atoms with van der Waals surface area (Å²) in [4.78, 5) is 6.78. The minimum absolute atomic E-state index is 0.142. The van der Waals surface area contributed by atoms with Gasteiger partial charge in [-0.1, -0.05) is 24.6 Å². The van der Waals surface area contributed by atoms with E-state index >= 15 is 0 Å². The van der Waals surface area contributed by atoms with Gasteiger partial charge in [0.2, 0.25) is 9.84 Å². The fourth-order valence-electron chi connectivity index (χ4n) is 3.89. The highest BCUT2D eigenvalue weighted by Crippen LogP contribution is 2.38. The maximum Gasteiger partial charge on any atom is 0.210 e. The molecule has 28 heavy (non-hydrogen) atoms. The SMILES string of the molecule is Cc1ccc(S(=O)(=O)c2cnc3ccc(F)cc3c2N2CCC[C@H](C)C2)cc1. The van der Waals surface area contributed by atoms with Gasteiger partial charge in [0.15, 0.2) is 0 Å². The molecule has 1 aliphatic rings. The van der Waals surface area contributed by atoms with Crippen LogP contribution in [0.4, 0.5) is 10.1 Å². The van der Waals surface area contributed by atoms with Gasteiger partial charge >= 0.3 is 0 Å². The van der Waals surface area contributed by atoms with Crippen LogP contribution in [0.1, 0.15) is 25.3 Å². The van der Waals surface area contributed by atoms with Gasteiger partial charge in [-0.3, -0.25) is 4.98 Å². The van der Waals surface area contributed by atoms with Gasteiger partial charge in [0.25, 0.3) is 0 Å². The Kier molecular flexibility index (Phi) is 4.83. The third-order valence-corrected chi connectivity index (χ3v) is 7.13. The van der Waals surface area contributed by atoms with Crippen LogP contribution in [0.25, 0.3) is 10.9 Å². The summed E-state index contributed by atoms with van der Waals surface area (Å²) in [5.41, 5.74) is 2.15. The quantitative estimate of drug-likeness (QED) is 0.639. The van der Waals surface area contributed by atoms with E-state index < -0.39 is 15.7 Å². The van der Waals surface area contributed by atoms with E-state index in [0.717, 1.165) is 31.5 Å². The maximum atomic E-state index is 14.1. The van der Waals surface area contributed by atoms with Crippen molar-refractivity contribution in [3.8, 4) is 0 Å². The fraction of sp³-hybridized carbons (Fsp3) is 0.318. The fourth-order valence-corrected chi connectivity index (χ4v) is 5.33. The van der Waals surface area contributed by atoms with Crippen LogP contribution in [-0.2, 0) is 9.84 Å². The first-order valence-corrected chi connectivity index (χ1v) is 11.0. The number of halogens is 1. The van der Waals surface area contributed by atoms with Crippen LogP contribution in [-0.4, -0.2) is 26.5 Å². The molecule has 2 heterocycles. The van der Waals surface area contributed by atoms with Crippen molar-refractivity contribution in [3.63, 3.8) is 0 Å². The molecule has 2 aromatic carbocycles. The number of sulfone groups is 1. The molecule has 0 unspecified atom stereocenters. The standard InChI is InChI=1S/C22H23FN2O2S/c1-15-5-8-18(9-6-15)28(26,27)21-13-24-20-10-7-17(23)12-19(20)22(21)25-11-3-4-16(2)14-25/h5-10,12-13,16H,3-4,11,14H2,1-2H3/t16-/m0/s1. The van der Waals surface area contributed by atoms with E-state index in [1.807, 2.05) is 6.92 Å². The topological polar surface area (TPSA) is 50.3 Å². The first-order valence-electron chi connectivity index (χ1n) is 9.51. The van der Waals surface area contributed by atoms with Gasteiger partial charge in [0, 0.05) is 24.7 Å². The molecule has 0 aliphatic carbocycles. The Balaban J connectivity index is 1.97. The van der Waals surface area contributed by atoms with Gasteiger partial charge in [-0.2, -0.15) is 0 Å². The Morgan fingerprint density at radius 3 is 2.61 bits per heavy atom. The molecule has 0 amide bonds. The number of piperidine rings is 1. The molecule has 4 rings (SSSR count). The van der Waals surface area contributed by atoms with Crippen LogP contribution in [0.3, 0.4) is 0 Å². The lowest BCUT2D eigenvalue weighted by molar-refractivity contribution is 0.446. The highest BCUT2D eigenvalue weighted by atomic mass is 32.2. The van der Waals surface area contributed by atoms with E-state index in [0.29, 0.717) is 22.5 Å². The van der Waals surface area contributed by atoms with Gasteiger partial charge in [-0.25, -0.2) is 12.8 Å². The molecule has 146 valence electrons. The highest BCUT2D eigenvalue weighted by molar-refractivity contribution is 7.91. The molecular weight excluding hydrogens is 375 g/mol. The monoisotopic (exact) mass is 398 g/mol. The van der Waals surface area contributed by atoms with Crippen molar-refractivity contribution in [3.05, 3.63) is 60.0 Å². The lowest BCUT2D eigenvalue weighted by Gasteiger charge is -2.34. The van der Waals surface area contributed by atoms with E-state index in [9.17, 15) is 12.8 Å². The van der Waals surface area contributed by atoms with Crippen molar-refractivity contribution >= 4 is 26.4 Å². The number of rotatable bonds is 3. The molecule has 4 nitrogen and oxygen atoms in total. The van der Waals surface area contributed by atoms with Crippen LogP contribution in [0.2, 0.25) is 0 Å². The number of fused-ring (bicyclic) bond motifs is 1.